The topological polar surface area (TPSA) is 43.0 Å². The Morgan fingerprint density at radius 2 is 1.73 bits per heavy atom. The summed E-state index contributed by atoms with van der Waals surface area (Å²) < 4.78 is 17.8. The number of piperidine rings is 1. The van der Waals surface area contributed by atoms with E-state index in [2.05, 4.69) is 24.1 Å². The van der Waals surface area contributed by atoms with E-state index in [0.29, 0.717) is 30.5 Å². The van der Waals surface area contributed by atoms with Gasteiger partial charge >= 0.3 is 0 Å². The molecule has 1 aliphatic carbocycles. The molecule has 5 heteroatoms. The van der Waals surface area contributed by atoms with Gasteiger partial charge in [-0.2, -0.15) is 0 Å². The predicted molar refractivity (Wildman–Crippen MR) is 86.2 cm³/mol. The molecular formula is C17H32N2O3. The smallest absolute Gasteiger partial charge is 0.0824 e. The fourth-order valence-electron chi connectivity index (χ4n) is 3.39. The molecule has 1 saturated carbocycles. The monoisotopic (exact) mass is 312 g/mol. The summed E-state index contributed by atoms with van der Waals surface area (Å²) >= 11 is 0. The number of nitrogens with zero attached hydrogens (tertiary/aromatic N) is 1. The van der Waals surface area contributed by atoms with E-state index in [1.807, 2.05) is 0 Å². The largest absolute Gasteiger partial charge is 0.375 e. The molecule has 0 bridgehead atoms. The van der Waals surface area contributed by atoms with Crippen molar-refractivity contribution in [3.8, 4) is 0 Å². The second kappa shape index (κ2) is 8.06. The van der Waals surface area contributed by atoms with Gasteiger partial charge < -0.3 is 24.4 Å². The van der Waals surface area contributed by atoms with Crippen molar-refractivity contribution in [3.05, 3.63) is 0 Å². The summed E-state index contributed by atoms with van der Waals surface area (Å²) in [6, 6.07) is 0. The Kier molecular flexibility index (Phi) is 6.10. The van der Waals surface area contributed by atoms with Crippen molar-refractivity contribution in [2.45, 2.75) is 70.1 Å². The molecule has 2 saturated heterocycles. The van der Waals surface area contributed by atoms with Crippen molar-refractivity contribution in [1.82, 2.24) is 10.2 Å². The molecule has 0 aromatic heterocycles. The number of likely N-dealkylation sites (tertiary alicyclic amines) is 1. The molecule has 0 amide bonds. The first-order valence-electron chi connectivity index (χ1n) is 9.04. The van der Waals surface area contributed by atoms with Gasteiger partial charge in [0.25, 0.3) is 0 Å². The molecule has 22 heavy (non-hydrogen) atoms. The standard InChI is InChI=1S/C17H32N2O3/c1-13(2)21-15-9-16(10-15)22-14-3-5-19(6-4-14)7-8-20-17-11-18-12-17/h13-18H,3-12H2,1-2H3. The maximum atomic E-state index is 6.21. The van der Waals surface area contributed by atoms with Crippen LogP contribution < -0.4 is 5.32 Å². The lowest BCUT2D eigenvalue weighted by Gasteiger charge is -2.40. The summed E-state index contributed by atoms with van der Waals surface area (Å²) in [5.74, 6) is 0. The van der Waals surface area contributed by atoms with Gasteiger partial charge in [-0.15, -0.1) is 0 Å². The zero-order valence-electron chi connectivity index (χ0n) is 14.1. The lowest BCUT2D eigenvalue weighted by atomic mass is 9.91. The van der Waals surface area contributed by atoms with E-state index in [0.717, 1.165) is 65.0 Å². The first-order chi connectivity index (χ1) is 10.7. The molecule has 128 valence electrons. The van der Waals surface area contributed by atoms with Crippen LogP contribution in [0.15, 0.2) is 0 Å². The Hall–Kier alpha value is -0.200. The van der Waals surface area contributed by atoms with Crippen LogP contribution >= 0.6 is 0 Å². The van der Waals surface area contributed by atoms with Crippen LogP contribution in [0, 0.1) is 0 Å². The van der Waals surface area contributed by atoms with Crippen molar-refractivity contribution in [1.29, 1.82) is 0 Å². The minimum atomic E-state index is 0.340. The second-order valence-electron chi connectivity index (χ2n) is 7.23. The van der Waals surface area contributed by atoms with E-state index in [1.165, 1.54) is 0 Å². The third kappa shape index (κ3) is 4.90. The van der Waals surface area contributed by atoms with E-state index in [-0.39, 0.29) is 0 Å². The van der Waals surface area contributed by atoms with E-state index < -0.39 is 0 Å². The minimum Gasteiger partial charge on any atom is -0.375 e. The van der Waals surface area contributed by atoms with Crippen molar-refractivity contribution in [2.24, 2.45) is 0 Å². The Morgan fingerprint density at radius 3 is 2.32 bits per heavy atom. The number of rotatable bonds is 8. The van der Waals surface area contributed by atoms with Crippen LogP contribution in [-0.2, 0) is 14.2 Å². The van der Waals surface area contributed by atoms with Gasteiger partial charge in [0.05, 0.1) is 37.1 Å². The number of nitrogens with one attached hydrogen (secondary N) is 1. The SMILES string of the molecule is CC(C)OC1CC(OC2CCN(CCOC3CNC3)CC2)C1. The van der Waals surface area contributed by atoms with Gasteiger partial charge in [0, 0.05) is 32.7 Å². The quantitative estimate of drug-likeness (QED) is 0.734. The highest BCUT2D eigenvalue weighted by atomic mass is 16.5. The maximum absolute atomic E-state index is 6.21. The molecule has 0 aromatic rings. The summed E-state index contributed by atoms with van der Waals surface area (Å²) in [5, 5.41) is 3.23. The highest BCUT2D eigenvalue weighted by molar-refractivity contribution is 4.84. The molecule has 5 nitrogen and oxygen atoms in total. The van der Waals surface area contributed by atoms with Crippen molar-refractivity contribution in [3.63, 3.8) is 0 Å². The molecule has 2 heterocycles. The second-order valence-corrected chi connectivity index (χ2v) is 7.23. The van der Waals surface area contributed by atoms with Gasteiger partial charge in [-0.05, 0) is 39.5 Å². The number of ether oxygens (including phenoxy) is 3. The number of hydrogen-bond donors (Lipinski definition) is 1. The fraction of sp³-hybridized carbons (Fsp3) is 1.00. The third-order valence-electron chi connectivity index (χ3n) is 4.94. The van der Waals surface area contributed by atoms with Gasteiger partial charge in [0.1, 0.15) is 0 Å². The minimum absolute atomic E-state index is 0.340. The average molecular weight is 312 g/mol. The Bertz CT molecular complexity index is 322. The molecule has 1 N–H and O–H groups in total. The first-order valence-corrected chi connectivity index (χ1v) is 9.04. The highest BCUT2D eigenvalue weighted by Gasteiger charge is 2.34. The summed E-state index contributed by atoms with van der Waals surface area (Å²) in [7, 11) is 0. The Labute approximate surface area is 134 Å². The lowest BCUT2D eigenvalue weighted by Crippen LogP contribution is -2.49. The van der Waals surface area contributed by atoms with Crippen LogP contribution in [0.3, 0.4) is 0 Å². The molecule has 0 unspecified atom stereocenters. The highest BCUT2D eigenvalue weighted by Crippen LogP contribution is 2.30. The first kappa shape index (κ1) is 16.7. The van der Waals surface area contributed by atoms with Crippen LogP contribution in [-0.4, -0.2) is 74.8 Å². The molecule has 0 radical (unpaired) electrons. The van der Waals surface area contributed by atoms with E-state index in [1.54, 1.807) is 0 Å². The Balaban J connectivity index is 1.22. The molecule has 3 fully saturated rings. The molecule has 0 spiro atoms. The van der Waals surface area contributed by atoms with Crippen LogP contribution in [0.5, 0.6) is 0 Å². The van der Waals surface area contributed by atoms with E-state index in [4.69, 9.17) is 14.2 Å². The van der Waals surface area contributed by atoms with Crippen molar-refractivity contribution in [2.75, 3.05) is 39.3 Å². The summed E-state index contributed by atoms with van der Waals surface area (Å²) in [6.07, 6.45) is 6.63. The lowest BCUT2D eigenvalue weighted by molar-refractivity contribution is -0.146. The summed E-state index contributed by atoms with van der Waals surface area (Å²) in [5.41, 5.74) is 0. The molecule has 3 rings (SSSR count). The molecule has 3 aliphatic rings. The zero-order chi connectivity index (χ0) is 15.4. The molecular weight excluding hydrogens is 280 g/mol. The van der Waals surface area contributed by atoms with Gasteiger partial charge in [0.15, 0.2) is 0 Å². The van der Waals surface area contributed by atoms with Crippen molar-refractivity contribution >= 4 is 0 Å². The third-order valence-corrected chi connectivity index (χ3v) is 4.94. The molecule has 2 aliphatic heterocycles. The fourth-order valence-corrected chi connectivity index (χ4v) is 3.39. The number of hydrogen-bond acceptors (Lipinski definition) is 5. The van der Waals surface area contributed by atoms with Crippen LogP contribution in [0.1, 0.15) is 39.5 Å². The van der Waals surface area contributed by atoms with Gasteiger partial charge in [-0.25, -0.2) is 0 Å². The van der Waals surface area contributed by atoms with Crippen molar-refractivity contribution < 1.29 is 14.2 Å². The normalized spacial score (nSPS) is 31.2. The molecule has 0 aromatic carbocycles. The zero-order valence-corrected chi connectivity index (χ0v) is 14.1. The Morgan fingerprint density at radius 1 is 1.00 bits per heavy atom. The van der Waals surface area contributed by atoms with Gasteiger partial charge in [-0.1, -0.05) is 0 Å². The average Bonchev–Trinajstić information content (AvgIpc) is 2.40. The van der Waals surface area contributed by atoms with E-state index >= 15 is 0 Å². The van der Waals surface area contributed by atoms with Crippen LogP contribution in [0.2, 0.25) is 0 Å². The maximum Gasteiger partial charge on any atom is 0.0824 e. The summed E-state index contributed by atoms with van der Waals surface area (Å²) in [6.45, 7) is 10.5. The summed E-state index contributed by atoms with van der Waals surface area (Å²) in [4.78, 5) is 2.51. The van der Waals surface area contributed by atoms with Crippen LogP contribution in [0.25, 0.3) is 0 Å². The van der Waals surface area contributed by atoms with Crippen LogP contribution in [0.4, 0.5) is 0 Å². The predicted octanol–water partition coefficient (Wildman–Crippen LogP) is 1.41. The van der Waals surface area contributed by atoms with Gasteiger partial charge in [-0.3, -0.25) is 0 Å². The molecule has 0 atom stereocenters. The van der Waals surface area contributed by atoms with Gasteiger partial charge in [0.2, 0.25) is 0 Å². The van der Waals surface area contributed by atoms with E-state index in [9.17, 15) is 0 Å².